The van der Waals surface area contributed by atoms with Crippen LogP contribution in [0.3, 0.4) is 0 Å². The van der Waals surface area contributed by atoms with E-state index in [4.69, 9.17) is 0 Å². The first kappa shape index (κ1) is 17.2. The fourth-order valence-electron chi connectivity index (χ4n) is 3.36. The van der Waals surface area contributed by atoms with E-state index in [0.717, 1.165) is 5.92 Å². The van der Waals surface area contributed by atoms with Crippen LogP contribution in [-0.4, -0.2) is 0 Å². The molecule has 0 heterocycles. The molecular weight excluding hydrogens is 331 g/mol. The van der Waals surface area contributed by atoms with Gasteiger partial charge in [-0.1, -0.05) is 0 Å². The van der Waals surface area contributed by atoms with Gasteiger partial charge in [0.05, 0.1) is 0 Å². The number of hydrogen-bond donors (Lipinski definition) is 0. The Hall–Kier alpha value is -0.157. The van der Waals surface area contributed by atoms with Crippen LogP contribution in [0.2, 0.25) is 0 Å². The third-order valence-electron chi connectivity index (χ3n) is 5.36. The molecule has 21 heavy (non-hydrogen) atoms. The van der Waals surface area contributed by atoms with Gasteiger partial charge in [-0.2, -0.15) is 0 Å². The predicted octanol–water partition coefficient (Wildman–Crippen LogP) is 6.37. The SMILES string of the molecule is CC1=C(C)C(C)(C)[C]([Zr][C]2=C(CCC(C)C)C=CC2)=C1C. The molecule has 0 saturated heterocycles. The van der Waals surface area contributed by atoms with Gasteiger partial charge in [-0.25, -0.2) is 0 Å². The van der Waals surface area contributed by atoms with E-state index in [1.54, 1.807) is 22.3 Å². The van der Waals surface area contributed by atoms with Gasteiger partial charge in [0.15, 0.2) is 0 Å². The molecule has 0 atom stereocenters. The number of allylic oxidation sites excluding steroid dienone is 8. The summed E-state index contributed by atoms with van der Waals surface area (Å²) in [7, 11) is 0. The normalized spacial score (nSPS) is 21.3. The first-order valence-electron chi connectivity index (χ1n) is 8.30. The third-order valence-corrected chi connectivity index (χ3v) is 10.5. The van der Waals surface area contributed by atoms with Gasteiger partial charge in [0, 0.05) is 0 Å². The Morgan fingerprint density at radius 2 is 1.81 bits per heavy atom. The average molecular weight is 362 g/mol. The molecule has 0 aromatic carbocycles. The van der Waals surface area contributed by atoms with Crippen molar-refractivity contribution in [3.05, 3.63) is 41.0 Å². The quantitative estimate of drug-likeness (QED) is 0.534. The molecule has 0 unspecified atom stereocenters. The second-order valence-electron chi connectivity index (χ2n) is 7.54. The van der Waals surface area contributed by atoms with Crippen LogP contribution < -0.4 is 0 Å². The predicted molar refractivity (Wildman–Crippen MR) is 89.7 cm³/mol. The van der Waals surface area contributed by atoms with Gasteiger partial charge in [-0.05, 0) is 0 Å². The van der Waals surface area contributed by atoms with Crippen LogP contribution in [0.1, 0.15) is 67.7 Å². The fourth-order valence-corrected chi connectivity index (χ4v) is 7.69. The van der Waals surface area contributed by atoms with E-state index in [9.17, 15) is 0 Å². The van der Waals surface area contributed by atoms with E-state index in [0.29, 0.717) is 5.41 Å². The molecule has 2 aliphatic carbocycles. The molecule has 0 spiro atoms. The van der Waals surface area contributed by atoms with Gasteiger partial charge in [0.25, 0.3) is 0 Å². The molecule has 1 heteroatoms. The molecule has 114 valence electrons. The van der Waals surface area contributed by atoms with E-state index in [1.807, 2.05) is 6.56 Å². The Morgan fingerprint density at radius 1 is 1.14 bits per heavy atom. The van der Waals surface area contributed by atoms with Gasteiger partial charge in [-0.3, -0.25) is 0 Å². The van der Waals surface area contributed by atoms with Crippen molar-refractivity contribution in [3.8, 4) is 0 Å². The second kappa shape index (κ2) is 6.53. The molecule has 0 amide bonds. The Kier molecular flexibility index (Phi) is 5.35. The number of rotatable bonds is 5. The molecular formula is C20H30Zr. The van der Waals surface area contributed by atoms with Crippen LogP contribution >= 0.6 is 0 Å². The van der Waals surface area contributed by atoms with Crippen molar-refractivity contribution in [3.63, 3.8) is 0 Å². The van der Waals surface area contributed by atoms with Crippen LogP contribution in [0.4, 0.5) is 0 Å². The molecule has 0 N–H and O–H groups in total. The zero-order valence-corrected chi connectivity index (χ0v) is 17.3. The van der Waals surface area contributed by atoms with E-state index < -0.39 is 23.2 Å². The van der Waals surface area contributed by atoms with E-state index in [2.05, 4.69) is 60.6 Å². The van der Waals surface area contributed by atoms with Crippen molar-refractivity contribution in [2.75, 3.05) is 0 Å². The minimum absolute atomic E-state index is 0.319. The van der Waals surface area contributed by atoms with E-state index in [-0.39, 0.29) is 0 Å². The zero-order valence-electron chi connectivity index (χ0n) is 14.9. The standard InChI is InChI=1S/2C10H15.Zr/c1-7-6-10(4,5)9(3)8(7)2;1-9(2)7-8-10-5-3-4-6-10;/h1-5H3;3,5,9H,4,7-8H2,1-2H3;. The van der Waals surface area contributed by atoms with Crippen molar-refractivity contribution < 1.29 is 23.2 Å². The van der Waals surface area contributed by atoms with Crippen molar-refractivity contribution >= 4 is 0 Å². The average Bonchev–Trinajstić information content (AvgIpc) is 2.91. The second-order valence-corrected chi connectivity index (χ2v) is 10.9. The summed E-state index contributed by atoms with van der Waals surface area (Å²) in [5, 5.41) is 0. The Morgan fingerprint density at radius 3 is 2.33 bits per heavy atom. The van der Waals surface area contributed by atoms with Crippen molar-refractivity contribution in [1.29, 1.82) is 0 Å². The molecule has 0 aromatic heterocycles. The van der Waals surface area contributed by atoms with Crippen LogP contribution in [-0.2, 0) is 23.2 Å². The van der Waals surface area contributed by atoms with Gasteiger partial charge >= 0.3 is 143 Å². The third kappa shape index (κ3) is 3.44. The fraction of sp³-hybridized carbons (Fsp3) is 0.600. The van der Waals surface area contributed by atoms with Gasteiger partial charge < -0.3 is 0 Å². The zero-order chi connectivity index (χ0) is 15.8. The molecule has 0 saturated carbocycles. The van der Waals surface area contributed by atoms with Crippen molar-refractivity contribution in [2.24, 2.45) is 11.3 Å². The van der Waals surface area contributed by atoms with Gasteiger partial charge in [-0.15, -0.1) is 0 Å². The molecule has 0 aliphatic heterocycles. The molecule has 0 bridgehead atoms. The van der Waals surface area contributed by atoms with Crippen LogP contribution in [0.25, 0.3) is 0 Å². The summed E-state index contributed by atoms with van der Waals surface area (Å²) in [6, 6.07) is 0. The molecule has 2 rings (SSSR count). The van der Waals surface area contributed by atoms with Crippen molar-refractivity contribution in [1.82, 2.24) is 0 Å². The van der Waals surface area contributed by atoms with Gasteiger partial charge in [0.1, 0.15) is 0 Å². The topological polar surface area (TPSA) is 0 Å². The summed E-state index contributed by atoms with van der Waals surface area (Å²) in [4.78, 5) is 0. The van der Waals surface area contributed by atoms with Crippen LogP contribution in [0.15, 0.2) is 41.0 Å². The summed E-state index contributed by atoms with van der Waals surface area (Å²) >= 11 is -0.616. The molecule has 0 aromatic rings. The van der Waals surface area contributed by atoms with Crippen LogP contribution in [0, 0.1) is 11.3 Å². The maximum absolute atomic E-state index is 2.44. The first-order valence-corrected chi connectivity index (χ1v) is 10.8. The van der Waals surface area contributed by atoms with E-state index >= 15 is 0 Å². The summed E-state index contributed by atoms with van der Waals surface area (Å²) in [6.45, 7) is 16.6. The Bertz CT molecular complexity index is 550. The summed E-state index contributed by atoms with van der Waals surface area (Å²) in [5.41, 5.74) is 6.79. The molecule has 0 radical (unpaired) electrons. The summed E-state index contributed by atoms with van der Waals surface area (Å²) in [6.07, 6.45) is 8.69. The summed E-state index contributed by atoms with van der Waals surface area (Å²) in [5.74, 6) is 0.813. The molecule has 2 aliphatic rings. The minimum atomic E-state index is -0.616. The van der Waals surface area contributed by atoms with Gasteiger partial charge in [0.2, 0.25) is 0 Å². The first-order chi connectivity index (χ1) is 9.75. The van der Waals surface area contributed by atoms with E-state index in [1.165, 1.54) is 19.3 Å². The molecule has 0 fully saturated rings. The van der Waals surface area contributed by atoms with Crippen LogP contribution in [0.5, 0.6) is 0 Å². The Labute approximate surface area is 143 Å². The molecule has 0 nitrogen and oxygen atoms in total. The van der Waals surface area contributed by atoms with Crippen molar-refractivity contribution in [2.45, 2.75) is 67.7 Å². The maximum atomic E-state index is 2.44. The monoisotopic (exact) mass is 360 g/mol. The number of hydrogen-bond acceptors (Lipinski definition) is 0. The Balaban J connectivity index is 2.20. The summed E-state index contributed by atoms with van der Waals surface area (Å²) < 4.78 is 3.66.